The van der Waals surface area contributed by atoms with Crippen LogP contribution < -0.4 is 5.56 Å². The van der Waals surface area contributed by atoms with E-state index in [1.54, 1.807) is 28.9 Å². The summed E-state index contributed by atoms with van der Waals surface area (Å²) in [5.41, 5.74) is 3.46. The number of pyridine rings is 1. The number of halogens is 1. The summed E-state index contributed by atoms with van der Waals surface area (Å²) in [6.07, 6.45) is 5.17. The first kappa shape index (κ1) is 16.3. The van der Waals surface area contributed by atoms with Crippen molar-refractivity contribution in [3.8, 4) is 17.1 Å². The summed E-state index contributed by atoms with van der Waals surface area (Å²) in [5.74, 6) is 0.0263. The second-order valence-electron chi connectivity index (χ2n) is 6.27. The molecule has 0 unspecified atom stereocenters. The maximum Gasteiger partial charge on any atom is 0.268 e. The summed E-state index contributed by atoms with van der Waals surface area (Å²) in [6.45, 7) is 1.99. The molecule has 0 saturated heterocycles. The first-order chi connectivity index (χ1) is 13.7. The van der Waals surface area contributed by atoms with Crippen LogP contribution in [0.3, 0.4) is 0 Å². The van der Waals surface area contributed by atoms with E-state index in [0.717, 1.165) is 16.8 Å². The van der Waals surface area contributed by atoms with Gasteiger partial charge in [-0.3, -0.25) is 9.36 Å². The van der Waals surface area contributed by atoms with E-state index in [1.165, 1.54) is 29.2 Å². The van der Waals surface area contributed by atoms with Crippen LogP contribution in [0.25, 0.3) is 33.6 Å². The molecule has 28 heavy (non-hydrogen) atoms. The van der Waals surface area contributed by atoms with Crippen LogP contribution in [-0.4, -0.2) is 34.3 Å². The minimum atomic E-state index is -0.301. The molecule has 0 spiro atoms. The monoisotopic (exact) mass is 375 g/mol. The van der Waals surface area contributed by atoms with Crippen molar-refractivity contribution in [2.75, 3.05) is 0 Å². The third-order valence-corrected chi connectivity index (χ3v) is 4.68. The first-order valence-corrected chi connectivity index (χ1v) is 8.71. The number of hydrogen-bond donors (Lipinski definition) is 1. The lowest BCUT2D eigenvalue weighted by Gasteiger charge is -2.05. The highest BCUT2D eigenvalue weighted by Gasteiger charge is 2.18. The molecule has 0 atom stereocenters. The van der Waals surface area contributed by atoms with Gasteiger partial charge in [0.2, 0.25) is 5.95 Å². The lowest BCUT2D eigenvalue weighted by Crippen LogP contribution is -2.20. The van der Waals surface area contributed by atoms with Gasteiger partial charge >= 0.3 is 0 Å². The zero-order valence-corrected chi connectivity index (χ0v) is 14.8. The van der Waals surface area contributed by atoms with Crippen LogP contribution in [0.15, 0.2) is 53.8 Å². The normalized spacial score (nSPS) is 11.5. The van der Waals surface area contributed by atoms with Crippen LogP contribution >= 0.6 is 0 Å². The molecule has 8 nitrogen and oxygen atoms in total. The minimum absolute atomic E-state index is 0.277. The quantitative estimate of drug-likeness (QED) is 0.523. The predicted octanol–water partition coefficient (Wildman–Crippen LogP) is 2.52. The van der Waals surface area contributed by atoms with E-state index in [0.29, 0.717) is 28.9 Å². The smallest absolute Gasteiger partial charge is 0.268 e. The van der Waals surface area contributed by atoms with E-state index in [9.17, 15) is 9.18 Å². The number of rotatable bonds is 3. The molecule has 138 valence electrons. The Morgan fingerprint density at radius 2 is 1.96 bits per heavy atom. The standard InChI is InChI=1S/C19H14FN7O/c1-2-14-16(11-3-5-12(20)6-4-11)17-21-9-13-15(27(17)25-14)7-8-26(18(13)28)19-22-10-23-24-19/h3-10H,2H2,1H3,(H,22,23,24). The number of nitrogens with zero attached hydrogens (tertiary/aromatic N) is 6. The highest BCUT2D eigenvalue weighted by Crippen LogP contribution is 2.29. The maximum absolute atomic E-state index is 13.3. The Morgan fingerprint density at radius 3 is 2.68 bits per heavy atom. The molecular weight excluding hydrogens is 361 g/mol. The topological polar surface area (TPSA) is 93.8 Å². The largest absolute Gasteiger partial charge is 0.268 e. The molecule has 1 N–H and O–H groups in total. The van der Waals surface area contributed by atoms with E-state index in [-0.39, 0.29) is 11.4 Å². The highest BCUT2D eigenvalue weighted by molar-refractivity contribution is 5.86. The Bertz CT molecular complexity index is 1370. The molecule has 0 saturated carbocycles. The van der Waals surface area contributed by atoms with Crippen molar-refractivity contribution in [1.29, 1.82) is 0 Å². The number of nitrogens with one attached hydrogen (secondary N) is 1. The second kappa shape index (κ2) is 6.08. The van der Waals surface area contributed by atoms with Crippen molar-refractivity contribution in [3.05, 3.63) is 70.9 Å². The Hall–Kier alpha value is -3.88. The number of benzene rings is 1. The molecule has 1 aromatic carbocycles. The first-order valence-electron chi connectivity index (χ1n) is 8.71. The molecular formula is C19H14FN7O. The molecule has 0 radical (unpaired) electrons. The van der Waals surface area contributed by atoms with Crippen LogP contribution in [0.1, 0.15) is 12.6 Å². The summed E-state index contributed by atoms with van der Waals surface area (Å²) >= 11 is 0. The number of H-pyrrole nitrogens is 1. The molecule has 0 fully saturated rings. The average Bonchev–Trinajstić information content (AvgIpc) is 3.36. The van der Waals surface area contributed by atoms with Gasteiger partial charge in [-0.15, -0.1) is 0 Å². The van der Waals surface area contributed by atoms with Gasteiger partial charge in [0, 0.05) is 18.0 Å². The zero-order chi connectivity index (χ0) is 19.3. The summed E-state index contributed by atoms with van der Waals surface area (Å²) in [6, 6.07) is 8.03. The van der Waals surface area contributed by atoms with Gasteiger partial charge < -0.3 is 0 Å². The number of hydrogen-bond acceptors (Lipinski definition) is 5. The number of aromatic nitrogens is 7. The van der Waals surface area contributed by atoms with E-state index < -0.39 is 0 Å². The second-order valence-corrected chi connectivity index (χ2v) is 6.27. The van der Waals surface area contributed by atoms with Crippen molar-refractivity contribution in [1.82, 2.24) is 34.3 Å². The van der Waals surface area contributed by atoms with Gasteiger partial charge in [0.25, 0.3) is 5.56 Å². The molecule has 0 amide bonds. The Labute approximate surface area is 157 Å². The summed E-state index contributed by atoms with van der Waals surface area (Å²) in [4.78, 5) is 21.4. The van der Waals surface area contributed by atoms with Gasteiger partial charge in [-0.1, -0.05) is 19.1 Å². The van der Waals surface area contributed by atoms with Gasteiger partial charge in [-0.2, -0.15) is 15.2 Å². The van der Waals surface area contributed by atoms with E-state index in [4.69, 9.17) is 0 Å². The number of aryl methyl sites for hydroxylation is 1. The van der Waals surface area contributed by atoms with Gasteiger partial charge in [0.05, 0.1) is 16.6 Å². The molecule has 9 heteroatoms. The fourth-order valence-electron chi connectivity index (χ4n) is 3.36. The Balaban J connectivity index is 1.81. The fraction of sp³-hybridized carbons (Fsp3) is 0.105. The van der Waals surface area contributed by atoms with Crippen molar-refractivity contribution < 1.29 is 4.39 Å². The van der Waals surface area contributed by atoms with Crippen LogP contribution in [-0.2, 0) is 6.42 Å². The molecule has 4 aromatic heterocycles. The molecule has 4 heterocycles. The minimum Gasteiger partial charge on any atom is -0.268 e. The third kappa shape index (κ3) is 2.33. The molecule has 5 aromatic rings. The molecule has 0 aliphatic carbocycles. The lowest BCUT2D eigenvalue weighted by atomic mass is 10.0. The summed E-state index contributed by atoms with van der Waals surface area (Å²) < 4.78 is 16.4. The van der Waals surface area contributed by atoms with Crippen LogP contribution in [0, 0.1) is 5.82 Å². The van der Waals surface area contributed by atoms with Crippen molar-refractivity contribution in [3.63, 3.8) is 0 Å². The third-order valence-electron chi connectivity index (χ3n) is 4.68. The van der Waals surface area contributed by atoms with Gasteiger partial charge in [0.1, 0.15) is 12.1 Å². The van der Waals surface area contributed by atoms with E-state index in [1.807, 2.05) is 6.92 Å². The van der Waals surface area contributed by atoms with Crippen LogP contribution in [0.5, 0.6) is 0 Å². The van der Waals surface area contributed by atoms with Crippen LogP contribution in [0.2, 0.25) is 0 Å². The molecule has 0 bridgehead atoms. The molecule has 0 aliphatic rings. The maximum atomic E-state index is 13.3. The van der Waals surface area contributed by atoms with E-state index in [2.05, 4.69) is 25.3 Å². The average molecular weight is 375 g/mol. The van der Waals surface area contributed by atoms with Crippen molar-refractivity contribution >= 4 is 16.6 Å². The fourth-order valence-corrected chi connectivity index (χ4v) is 3.36. The lowest BCUT2D eigenvalue weighted by molar-refractivity contribution is 0.628. The van der Waals surface area contributed by atoms with Gasteiger partial charge in [0.15, 0.2) is 5.65 Å². The van der Waals surface area contributed by atoms with Gasteiger partial charge in [-0.05, 0) is 30.2 Å². The van der Waals surface area contributed by atoms with Crippen LogP contribution in [0.4, 0.5) is 4.39 Å². The zero-order valence-electron chi connectivity index (χ0n) is 14.8. The van der Waals surface area contributed by atoms with Crippen molar-refractivity contribution in [2.24, 2.45) is 0 Å². The van der Waals surface area contributed by atoms with E-state index >= 15 is 0 Å². The Kier molecular flexibility index (Phi) is 3.54. The highest BCUT2D eigenvalue weighted by atomic mass is 19.1. The molecule has 0 aliphatic heterocycles. The summed E-state index contributed by atoms with van der Waals surface area (Å²) in [5, 5.41) is 11.5. The summed E-state index contributed by atoms with van der Waals surface area (Å²) in [7, 11) is 0. The van der Waals surface area contributed by atoms with Gasteiger partial charge in [-0.25, -0.2) is 19.0 Å². The number of fused-ring (bicyclic) bond motifs is 3. The van der Waals surface area contributed by atoms with Crippen molar-refractivity contribution in [2.45, 2.75) is 13.3 Å². The number of aromatic amines is 1. The molecule has 5 rings (SSSR count). The SMILES string of the molecule is CCc1nn2c(ncc3c(=O)n(-c4ncn[nH]4)ccc32)c1-c1ccc(F)cc1. The Morgan fingerprint density at radius 1 is 1.14 bits per heavy atom. The predicted molar refractivity (Wildman–Crippen MR) is 101 cm³/mol.